The molecule has 0 saturated heterocycles. The lowest BCUT2D eigenvalue weighted by molar-refractivity contribution is 0.601. The van der Waals surface area contributed by atoms with Crippen molar-refractivity contribution in [2.24, 2.45) is 0 Å². The zero-order chi connectivity index (χ0) is 18.7. The number of hydrogen-bond donors (Lipinski definition) is 2. The summed E-state index contributed by atoms with van der Waals surface area (Å²) < 4.78 is 27.4. The molecule has 0 saturated carbocycles. The quantitative estimate of drug-likeness (QED) is 0.653. The van der Waals surface area contributed by atoms with Crippen molar-refractivity contribution in [2.75, 3.05) is 10.0 Å². The molecular weight excluding hydrogens is 370 g/mol. The van der Waals surface area contributed by atoms with E-state index in [1.54, 1.807) is 30.3 Å². The average Bonchev–Trinajstić information content (AvgIpc) is 2.60. The Morgan fingerprint density at radius 1 is 1.00 bits per heavy atom. The van der Waals surface area contributed by atoms with Crippen LogP contribution in [0.2, 0.25) is 5.02 Å². The predicted molar refractivity (Wildman–Crippen MR) is 106 cm³/mol. The van der Waals surface area contributed by atoms with Crippen molar-refractivity contribution in [3.8, 4) is 0 Å². The molecule has 7 heteroatoms. The lowest BCUT2D eigenvalue weighted by Crippen LogP contribution is -2.13. The summed E-state index contributed by atoms with van der Waals surface area (Å²) >= 11 is 6.11. The van der Waals surface area contributed by atoms with E-state index in [9.17, 15) is 8.42 Å². The van der Waals surface area contributed by atoms with Crippen LogP contribution in [0, 0.1) is 13.8 Å². The molecule has 2 aromatic carbocycles. The van der Waals surface area contributed by atoms with Gasteiger partial charge in [0.2, 0.25) is 0 Å². The molecule has 1 heterocycles. The van der Waals surface area contributed by atoms with Crippen molar-refractivity contribution < 1.29 is 8.42 Å². The Morgan fingerprint density at radius 3 is 2.46 bits per heavy atom. The minimum absolute atomic E-state index is 0.217. The van der Waals surface area contributed by atoms with E-state index in [2.05, 4.69) is 15.0 Å². The molecule has 0 fully saturated rings. The molecule has 0 aliphatic rings. The molecule has 0 spiro atoms. The number of anilines is 3. The predicted octanol–water partition coefficient (Wildman–Crippen LogP) is 4.90. The van der Waals surface area contributed by atoms with Gasteiger partial charge in [0.15, 0.2) is 0 Å². The van der Waals surface area contributed by atoms with Gasteiger partial charge in [-0.25, -0.2) is 13.4 Å². The lowest BCUT2D eigenvalue weighted by atomic mass is 10.2. The first kappa shape index (κ1) is 18.2. The van der Waals surface area contributed by atoms with Gasteiger partial charge < -0.3 is 5.32 Å². The van der Waals surface area contributed by atoms with Crippen LogP contribution in [0.1, 0.15) is 11.1 Å². The maximum atomic E-state index is 12.4. The molecule has 0 aliphatic carbocycles. The van der Waals surface area contributed by atoms with E-state index in [1.807, 2.05) is 38.1 Å². The van der Waals surface area contributed by atoms with Gasteiger partial charge >= 0.3 is 0 Å². The highest BCUT2D eigenvalue weighted by Gasteiger charge is 2.14. The van der Waals surface area contributed by atoms with Crippen molar-refractivity contribution in [2.45, 2.75) is 18.7 Å². The molecule has 0 aliphatic heterocycles. The van der Waals surface area contributed by atoms with Gasteiger partial charge in [-0.3, -0.25) is 4.72 Å². The molecule has 134 valence electrons. The Morgan fingerprint density at radius 2 is 1.77 bits per heavy atom. The number of aryl methyl sites for hydroxylation is 1. The zero-order valence-corrected chi connectivity index (χ0v) is 15.9. The highest BCUT2D eigenvalue weighted by molar-refractivity contribution is 7.92. The third-order valence-electron chi connectivity index (χ3n) is 3.85. The largest absolute Gasteiger partial charge is 0.340 e. The number of halogens is 1. The molecule has 1 aromatic heterocycles. The number of hydrogen-bond acceptors (Lipinski definition) is 4. The van der Waals surface area contributed by atoms with E-state index in [-0.39, 0.29) is 4.90 Å². The molecule has 0 atom stereocenters. The topological polar surface area (TPSA) is 71.1 Å². The molecule has 0 amide bonds. The standard InChI is InChI=1S/C19H18ClN3O2S/c1-13-5-3-6-16(11-13)26(24,25)23-15-9-10-19(21-12-15)22-18-8-4-7-17(20)14(18)2/h3-12,23H,1-2H3,(H,21,22). The van der Waals surface area contributed by atoms with Crippen LogP contribution in [0.15, 0.2) is 65.7 Å². The molecule has 2 N–H and O–H groups in total. The Bertz CT molecular complexity index is 1030. The highest BCUT2D eigenvalue weighted by Crippen LogP contribution is 2.26. The first-order chi connectivity index (χ1) is 12.3. The van der Waals surface area contributed by atoms with Crippen molar-refractivity contribution in [1.29, 1.82) is 0 Å². The van der Waals surface area contributed by atoms with Crippen molar-refractivity contribution in [3.63, 3.8) is 0 Å². The van der Waals surface area contributed by atoms with Crippen LogP contribution in [-0.2, 0) is 10.0 Å². The van der Waals surface area contributed by atoms with Crippen LogP contribution in [0.4, 0.5) is 17.2 Å². The van der Waals surface area contributed by atoms with E-state index in [0.29, 0.717) is 16.5 Å². The molecule has 0 radical (unpaired) electrons. The van der Waals surface area contributed by atoms with Gasteiger partial charge in [0.25, 0.3) is 10.0 Å². The van der Waals surface area contributed by atoms with E-state index >= 15 is 0 Å². The number of rotatable bonds is 5. The van der Waals surface area contributed by atoms with Crippen LogP contribution in [0.3, 0.4) is 0 Å². The first-order valence-corrected chi connectivity index (χ1v) is 9.79. The second kappa shape index (κ2) is 7.35. The zero-order valence-electron chi connectivity index (χ0n) is 14.3. The van der Waals surface area contributed by atoms with Crippen LogP contribution in [0.25, 0.3) is 0 Å². The number of benzene rings is 2. The second-order valence-electron chi connectivity index (χ2n) is 5.89. The molecule has 3 rings (SSSR count). The van der Waals surface area contributed by atoms with Gasteiger partial charge in [-0.05, 0) is 61.4 Å². The van der Waals surface area contributed by atoms with E-state index in [1.165, 1.54) is 6.20 Å². The number of sulfonamides is 1. The second-order valence-corrected chi connectivity index (χ2v) is 7.98. The Labute approximate surface area is 158 Å². The number of pyridine rings is 1. The summed E-state index contributed by atoms with van der Waals surface area (Å²) in [6.07, 6.45) is 1.47. The minimum atomic E-state index is -3.65. The summed E-state index contributed by atoms with van der Waals surface area (Å²) in [5.74, 6) is 0.592. The monoisotopic (exact) mass is 387 g/mol. The Hall–Kier alpha value is -2.57. The van der Waals surface area contributed by atoms with E-state index in [4.69, 9.17) is 11.6 Å². The third kappa shape index (κ3) is 4.15. The van der Waals surface area contributed by atoms with Crippen molar-refractivity contribution in [1.82, 2.24) is 4.98 Å². The fourth-order valence-electron chi connectivity index (χ4n) is 2.41. The maximum Gasteiger partial charge on any atom is 0.261 e. The average molecular weight is 388 g/mol. The number of nitrogens with one attached hydrogen (secondary N) is 2. The van der Waals surface area contributed by atoms with Crippen LogP contribution in [0.5, 0.6) is 0 Å². The van der Waals surface area contributed by atoms with E-state index in [0.717, 1.165) is 16.8 Å². The Balaban J connectivity index is 1.76. The first-order valence-electron chi connectivity index (χ1n) is 7.93. The summed E-state index contributed by atoms with van der Waals surface area (Å²) in [5.41, 5.74) is 3.03. The van der Waals surface area contributed by atoms with Gasteiger partial charge in [0, 0.05) is 10.7 Å². The maximum absolute atomic E-state index is 12.4. The molecule has 5 nitrogen and oxygen atoms in total. The third-order valence-corrected chi connectivity index (χ3v) is 5.63. The molecular formula is C19H18ClN3O2S. The smallest absolute Gasteiger partial charge is 0.261 e. The number of aromatic nitrogens is 1. The summed E-state index contributed by atoms with van der Waals surface area (Å²) in [7, 11) is -3.65. The normalized spacial score (nSPS) is 11.2. The van der Waals surface area contributed by atoms with Gasteiger partial charge in [0.1, 0.15) is 5.82 Å². The van der Waals surface area contributed by atoms with E-state index < -0.39 is 10.0 Å². The summed E-state index contributed by atoms with van der Waals surface area (Å²) in [5, 5.41) is 3.83. The highest BCUT2D eigenvalue weighted by atomic mass is 35.5. The fraction of sp³-hybridized carbons (Fsp3) is 0.105. The lowest BCUT2D eigenvalue weighted by Gasteiger charge is -2.11. The van der Waals surface area contributed by atoms with Gasteiger partial charge in [0.05, 0.1) is 16.8 Å². The SMILES string of the molecule is Cc1cccc(S(=O)(=O)Nc2ccc(Nc3cccc(Cl)c3C)nc2)c1. The molecule has 26 heavy (non-hydrogen) atoms. The molecule has 0 bridgehead atoms. The molecule has 0 unspecified atom stereocenters. The van der Waals surface area contributed by atoms with Crippen LogP contribution >= 0.6 is 11.6 Å². The van der Waals surface area contributed by atoms with Crippen LogP contribution in [-0.4, -0.2) is 13.4 Å². The van der Waals surface area contributed by atoms with Gasteiger partial charge in [-0.2, -0.15) is 0 Å². The molecule has 3 aromatic rings. The summed E-state index contributed by atoms with van der Waals surface area (Å²) in [6.45, 7) is 3.76. The van der Waals surface area contributed by atoms with Gasteiger partial charge in [-0.1, -0.05) is 29.8 Å². The van der Waals surface area contributed by atoms with Crippen molar-refractivity contribution >= 4 is 38.8 Å². The van der Waals surface area contributed by atoms with Crippen molar-refractivity contribution in [3.05, 3.63) is 76.9 Å². The Kier molecular flexibility index (Phi) is 5.15. The minimum Gasteiger partial charge on any atom is -0.340 e. The summed E-state index contributed by atoms with van der Waals surface area (Å²) in [6, 6.07) is 15.7. The summed E-state index contributed by atoms with van der Waals surface area (Å²) in [4.78, 5) is 4.48. The fourth-order valence-corrected chi connectivity index (χ4v) is 3.73. The van der Waals surface area contributed by atoms with Crippen LogP contribution < -0.4 is 10.0 Å². The number of nitrogens with zero attached hydrogens (tertiary/aromatic N) is 1. The van der Waals surface area contributed by atoms with Gasteiger partial charge in [-0.15, -0.1) is 0 Å².